The third-order valence-electron chi connectivity index (χ3n) is 2.29. The third kappa shape index (κ3) is 6.05. The number of carbonyl (C=O) groups is 1. The minimum absolute atomic E-state index is 0.0174. The van der Waals surface area contributed by atoms with Gasteiger partial charge in [-0.2, -0.15) is 0 Å². The Hall–Kier alpha value is -0.650. The smallest absolute Gasteiger partial charge is 0.332 e. The number of rotatable bonds is 7. The van der Waals surface area contributed by atoms with Crippen LogP contribution in [-0.2, 0) is 19.0 Å². The van der Waals surface area contributed by atoms with E-state index < -0.39 is 0 Å². The predicted octanol–water partition coefficient (Wildman–Crippen LogP) is 0.335. The van der Waals surface area contributed by atoms with E-state index in [0.717, 1.165) is 25.9 Å². The SMILES string of the molecule is CCCCOC(=O)COCC1CNCCO1. The number of hydrogen-bond acceptors (Lipinski definition) is 5. The maximum Gasteiger partial charge on any atom is 0.332 e. The lowest BCUT2D eigenvalue weighted by molar-refractivity contribution is -0.150. The first-order valence-corrected chi connectivity index (χ1v) is 5.88. The van der Waals surface area contributed by atoms with Gasteiger partial charge in [-0.05, 0) is 6.42 Å². The first kappa shape index (κ1) is 13.4. The molecular formula is C11H21NO4. The average molecular weight is 231 g/mol. The van der Waals surface area contributed by atoms with Crippen molar-refractivity contribution < 1.29 is 19.0 Å². The molecule has 0 aromatic rings. The summed E-state index contributed by atoms with van der Waals surface area (Å²) in [6.07, 6.45) is 1.98. The van der Waals surface area contributed by atoms with Crippen LogP contribution >= 0.6 is 0 Å². The van der Waals surface area contributed by atoms with E-state index in [4.69, 9.17) is 14.2 Å². The van der Waals surface area contributed by atoms with Crippen LogP contribution in [0.5, 0.6) is 0 Å². The molecule has 1 rings (SSSR count). The Kier molecular flexibility index (Phi) is 7.12. The number of morpholine rings is 1. The van der Waals surface area contributed by atoms with Gasteiger partial charge in [0.05, 0.1) is 25.9 Å². The minimum Gasteiger partial charge on any atom is -0.464 e. The molecule has 1 fully saturated rings. The monoisotopic (exact) mass is 231 g/mol. The quantitative estimate of drug-likeness (QED) is 0.505. The zero-order valence-electron chi connectivity index (χ0n) is 9.87. The first-order chi connectivity index (χ1) is 7.83. The van der Waals surface area contributed by atoms with Crippen molar-refractivity contribution in [2.75, 3.05) is 39.5 Å². The Morgan fingerprint density at radius 2 is 2.44 bits per heavy atom. The molecule has 16 heavy (non-hydrogen) atoms. The molecule has 0 radical (unpaired) electrons. The summed E-state index contributed by atoms with van der Waals surface area (Å²) in [4.78, 5) is 11.2. The normalized spacial score (nSPS) is 20.7. The van der Waals surface area contributed by atoms with Crippen LogP contribution in [0.15, 0.2) is 0 Å². The second-order valence-electron chi connectivity index (χ2n) is 3.79. The summed E-state index contributed by atoms with van der Waals surface area (Å²) in [5.41, 5.74) is 0. The molecule has 0 amide bonds. The molecule has 0 saturated carbocycles. The van der Waals surface area contributed by atoms with Gasteiger partial charge >= 0.3 is 5.97 Å². The highest BCUT2D eigenvalue weighted by atomic mass is 16.6. The van der Waals surface area contributed by atoms with Crippen molar-refractivity contribution in [3.05, 3.63) is 0 Å². The number of esters is 1. The fraction of sp³-hybridized carbons (Fsp3) is 0.909. The standard InChI is InChI=1S/C11H21NO4/c1-2-3-5-16-11(13)9-14-8-10-7-12-4-6-15-10/h10,12H,2-9H2,1H3. The fourth-order valence-electron chi connectivity index (χ4n) is 1.37. The van der Waals surface area contributed by atoms with Crippen molar-refractivity contribution in [2.45, 2.75) is 25.9 Å². The summed E-state index contributed by atoms with van der Waals surface area (Å²) in [5.74, 6) is -0.294. The van der Waals surface area contributed by atoms with Gasteiger partial charge in [0.2, 0.25) is 0 Å². The molecule has 1 atom stereocenters. The molecule has 1 N–H and O–H groups in total. The molecule has 94 valence electrons. The number of hydrogen-bond donors (Lipinski definition) is 1. The molecular weight excluding hydrogens is 210 g/mol. The van der Waals surface area contributed by atoms with Crippen LogP contribution in [0.25, 0.3) is 0 Å². The van der Waals surface area contributed by atoms with Crippen molar-refractivity contribution in [3.8, 4) is 0 Å². The van der Waals surface area contributed by atoms with Crippen molar-refractivity contribution in [3.63, 3.8) is 0 Å². The Morgan fingerprint density at radius 1 is 1.56 bits per heavy atom. The van der Waals surface area contributed by atoms with E-state index in [1.54, 1.807) is 0 Å². The van der Waals surface area contributed by atoms with Crippen molar-refractivity contribution >= 4 is 5.97 Å². The number of unbranched alkanes of at least 4 members (excludes halogenated alkanes) is 1. The van der Waals surface area contributed by atoms with Gasteiger partial charge in [-0.25, -0.2) is 4.79 Å². The molecule has 0 spiro atoms. The lowest BCUT2D eigenvalue weighted by Crippen LogP contribution is -2.41. The van der Waals surface area contributed by atoms with E-state index in [2.05, 4.69) is 12.2 Å². The first-order valence-electron chi connectivity index (χ1n) is 5.88. The lowest BCUT2D eigenvalue weighted by Gasteiger charge is -2.23. The van der Waals surface area contributed by atoms with Crippen molar-refractivity contribution in [1.29, 1.82) is 0 Å². The summed E-state index contributed by atoms with van der Waals surface area (Å²) < 4.78 is 15.6. The number of ether oxygens (including phenoxy) is 3. The van der Waals surface area contributed by atoms with Gasteiger partial charge in [-0.3, -0.25) is 0 Å². The van der Waals surface area contributed by atoms with Gasteiger partial charge < -0.3 is 19.5 Å². The molecule has 0 aromatic carbocycles. The zero-order valence-corrected chi connectivity index (χ0v) is 9.87. The van der Waals surface area contributed by atoms with Gasteiger partial charge in [0.15, 0.2) is 0 Å². The van der Waals surface area contributed by atoms with E-state index in [0.29, 0.717) is 19.8 Å². The molecule has 5 heteroatoms. The summed E-state index contributed by atoms with van der Waals surface area (Å²) in [6.45, 7) is 5.37. The number of nitrogens with one attached hydrogen (secondary N) is 1. The van der Waals surface area contributed by atoms with Crippen LogP contribution in [0.3, 0.4) is 0 Å². The maximum atomic E-state index is 11.2. The molecule has 0 bridgehead atoms. The Bertz CT molecular complexity index is 192. The topological polar surface area (TPSA) is 56.8 Å². The summed E-state index contributed by atoms with van der Waals surface area (Å²) >= 11 is 0. The van der Waals surface area contributed by atoms with Gasteiger partial charge in [-0.15, -0.1) is 0 Å². The van der Waals surface area contributed by atoms with E-state index in [9.17, 15) is 4.79 Å². The third-order valence-corrected chi connectivity index (χ3v) is 2.29. The predicted molar refractivity (Wildman–Crippen MR) is 59.3 cm³/mol. The summed E-state index contributed by atoms with van der Waals surface area (Å²) in [5, 5.41) is 3.19. The summed E-state index contributed by atoms with van der Waals surface area (Å²) in [7, 11) is 0. The molecule has 0 aromatic heterocycles. The Balaban J connectivity index is 1.94. The molecule has 1 unspecified atom stereocenters. The zero-order chi connectivity index (χ0) is 11.6. The minimum atomic E-state index is -0.294. The highest BCUT2D eigenvalue weighted by molar-refractivity contribution is 5.70. The Labute approximate surface area is 96.4 Å². The van der Waals surface area contributed by atoms with E-state index in [1.165, 1.54) is 0 Å². The molecule has 0 aliphatic carbocycles. The molecule has 1 heterocycles. The van der Waals surface area contributed by atoms with Crippen molar-refractivity contribution in [1.82, 2.24) is 5.32 Å². The van der Waals surface area contributed by atoms with E-state index >= 15 is 0 Å². The molecule has 1 saturated heterocycles. The maximum absolute atomic E-state index is 11.2. The average Bonchev–Trinajstić information content (AvgIpc) is 2.31. The molecule has 1 aliphatic heterocycles. The number of carbonyl (C=O) groups excluding carboxylic acids is 1. The largest absolute Gasteiger partial charge is 0.464 e. The highest BCUT2D eigenvalue weighted by Crippen LogP contribution is 1.97. The second kappa shape index (κ2) is 8.50. The molecule has 5 nitrogen and oxygen atoms in total. The summed E-state index contributed by atoms with van der Waals surface area (Å²) in [6, 6.07) is 0. The Morgan fingerprint density at radius 3 is 3.12 bits per heavy atom. The van der Waals surface area contributed by atoms with Gasteiger partial charge in [-0.1, -0.05) is 13.3 Å². The van der Waals surface area contributed by atoms with E-state index in [-0.39, 0.29) is 18.7 Å². The van der Waals surface area contributed by atoms with Gasteiger partial charge in [0.25, 0.3) is 0 Å². The van der Waals surface area contributed by atoms with Crippen LogP contribution < -0.4 is 5.32 Å². The highest BCUT2D eigenvalue weighted by Gasteiger charge is 2.14. The van der Waals surface area contributed by atoms with Crippen LogP contribution in [0.1, 0.15) is 19.8 Å². The van der Waals surface area contributed by atoms with Crippen LogP contribution in [-0.4, -0.2) is 51.6 Å². The molecule has 1 aliphatic rings. The fourth-order valence-corrected chi connectivity index (χ4v) is 1.37. The van der Waals surface area contributed by atoms with Crippen LogP contribution in [0.4, 0.5) is 0 Å². The van der Waals surface area contributed by atoms with Gasteiger partial charge in [0, 0.05) is 13.1 Å². The van der Waals surface area contributed by atoms with Gasteiger partial charge in [0.1, 0.15) is 6.61 Å². The van der Waals surface area contributed by atoms with E-state index in [1.807, 2.05) is 0 Å². The van der Waals surface area contributed by atoms with Crippen molar-refractivity contribution in [2.24, 2.45) is 0 Å². The second-order valence-corrected chi connectivity index (χ2v) is 3.79. The van der Waals surface area contributed by atoms with Crippen LogP contribution in [0, 0.1) is 0 Å². The van der Waals surface area contributed by atoms with Crippen LogP contribution in [0.2, 0.25) is 0 Å². The lowest BCUT2D eigenvalue weighted by atomic mass is 10.3.